The van der Waals surface area contributed by atoms with Crippen LogP contribution in [0.1, 0.15) is 55.4 Å². The van der Waals surface area contributed by atoms with Gasteiger partial charge in [0.15, 0.2) is 0 Å². The van der Waals surface area contributed by atoms with Crippen molar-refractivity contribution in [2.75, 3.05) is 0 Å². The predicted octanol–water partition coefficient (Wildman–Crippen LogP) is 4.82. The molecular weight excluding hydrogens is 168 g/mol. The lowest BCUT2D eigenvalue weighted by molar-refractivity contribution is 0.219. The van der Waals surface area contributed by atoms with Crippen LogP contribution in [0.15, 0.2) is 16.9 Å². The largest absolute Gasteiger partial charge is 0.123 e. The number of allylic oxidation sites excluding steroid dienone is 1. The van der Waals surface area contributed by atoms with Crippen LogP contribution in [0.4, 0.5) is 0 Å². The highest BCUT2D eigenvalue weighted by Gasteiger charge is 2.29. The zero-order chi connectivity index (χ0) is 11.5. The molecule has 14 heavy (non-hydrogen) atoms. The first kappa shape index (κ1) is 13.5. The Hall–Kier alpha value is -0.480. The second-order valence-corrected chi connectivity index (χ2v) is 5.50. The fraction of sp³-hybridized carbons (Fsp3) is 0.786. The Labute approximate surface area is 90.1 Å². The highest BCUT2D eigenvalue weighted by atomic mass is 14.3. The molecule has 0 spiro atoms. The molecule has 0 aromatic heterocycles. The minimum absolute atomic E-state index is 0.255. The van der Waals surface area contributed by atoms with Crippen LogP contribution < -0.4 is 0 Å². The quantitative estimate of drug-likeness (QED) is 0.565. The maximum atomic E-state index is 3.45. The van der Waals surface area contributed by atoms with Gasteiger partial charge in [-0.05, 0) is 49.2 Å². The molecule has 0 radical (unpaired) electrons. The van der Waals surface area contributed by atoms with Gasteiger partial charge in [0.05, 0.1) is 0 Å². The van der Waals surface area contributed by atoms with Crippen molar-refractivity contribution in [1.29, 1.82) is 0 Å². The maximum absolute atomic E-state index is 3.45. The Balaban J connectivity index is 5.06. The van der Waals surface area contributed by atoms with E-state index in [2.05, 4.69) is 61.1 Å². The molecule has 0 N–H and O–H groups in total. The Bertz CT molecular complexity index is 243. The zero-order valence-corrected chi connectivity index (χ0v) is 11.2. The van der Waals surface area contributed by atoms with Crippen molar-refractivity contribution >= 4 is 0 Å². The Kier molecular flexibility index (Phi) is 4.68. The molecule has 1 unspecified atom stereocenters. The van der Waals surface area contributed by atoms with Gasteiger partial charge < -0.3 is 0 Å². The topological polar surface area (TPSA) is 0 Å². The van der Waals surface area contributed by atoms with Crippen LogP contribution in [0.3, 0.4) is 0 Å². The minimum Gasteiger partial charge on any atom is -0.123 e. The molecule has 0 amide bonds. The third-order valence-corrected chi connectivity index (χ3v) is 3.54. The zero-order valence-electron chi connectivity index (χ0n) is 11.2. The van der Waals surface area contributed by atoms with Crippen molar-refractivity contribution in [2.24, 2.45) is 17.3 Å². The summed E-state index contributed by atoms with van der Waals surface area (Å²) in [5, 5.41) is 0. The lowest BCUT2D eigenvalue weighted by Crippen LogP contribution is -2.26. The molecule has 0 nitrogen and oxygen atoms in total. The van der Waals surface area contributed by atoms with Crippen LogP contribution in [-0.2, 0) is 0 Å². The lowest BCUT2D eigenvalue weighted by atomic mass is 9.70. The molecule has 0 aromatic carbocycles. The third-order valence-electron chi connectivity index (χ3n) is 3.54. The molecule has 82 valence electrons. The monoisotopic (exact) mass is 194 g/mol. The van der Waals surface area contributed by atoms with E-state index in [1.54, 1.807) is 0 Å². The van der Waals surface area contributed by atoms with Crippen LogP contribution in [-0.4, -0.2) is 0 Å². The van der Waals surface area contributed by atoms with Gasteiger partial charge in [0.2, 0.25) is 0 Å². The number of hydrogen-bond donors (Lipinski definition) is 0. The minimum atomic E-state index is 0.255. The molecule has 0 fully saturated rings. The van der Waals surface area contributed by atoms with Crippen LogP contribution in [0.2, 0.25) is 0 Å². The summed E-state index contributed by atoms with van der Waals surface area (Å²) in [5.74, 6) is 1.41. The average Bonchev–Trinajstić information content (AvgIpc) is 2.01. The fourth-order valence-corrected chi connectivity index (χ4v) is 1.71. The van der Waals surface area contributed by atoms with E-state index in [9.17, 15) is 0 Å². The predicted molar refractivity (Wildman–Crippen MR) is 65.3 cm³/mol. The van der Waals surface area contributed by atoms with Crippen molar-refractivity contribution in [3.05, 3.63) is 16.9 Å². The average molecular weight is 194 g/mol. The normalized spacial score (nSPS) is 13.8. The van der Waals surface area contributed by atoms with Gasteiger partial charge in [0.1, 0.15) is 0 Å². The van der Waals surface area contributed by atoms with Gasteiger partial charge in [-0.3, -0.25) is 0 Å². The van der Waals surface area contributed by atoms with Crippen LogP contribution >= 0.6 is 0 Å². The Morgan fingerprint density at radius 1 is 1.00 bits per heavy atom. The van der Waals surface area contributed by atoms with E-state index < -0.39 is 0 Å². The van der Waals surface area contributed by atoms with Gasteiger partial charge in [-0.15, -0.1) is 5.73 Å². The second-order valence-electron chi connectivity index (χ2n) is 5.50. The fourth-order valence-electron chi connectivity index (χ4n) is 1.71. The molecule has 0 saturated heterocycles. The molecule has 0 aliphatic rings. The van der Waals surface area contributed by atoms with Crippen molar-refractivity contribution in [3.8, 4) is 0 Å². The van der Waals surface area contributed by atoms with E-state index in [-0.39, 0.29) is 5.41 Å². The molecular formula is C14H26. The standard InChI is InChI=1S/C14H26/c1-10(2)9-12(5)14(7,8)13(6)11(3)4/h11,13H,1-8H3. The highest BCUT2D eigenvalue weighted by molar-refractivity contribution is 5.13. The molecule has 0 aliphatic carbocycles. The summed E-state index contributed by atoms with van der Waals surface area (Å²) in [5.41, 5.74) is 6.35. The molecule has 0 rings (SSSR count). The smallest absolute Gasteiger partial charge is 0.00436 e. The van der Waals surface area contributed by atoms with Crippen molar-refractivity contribution in [3.63, 3.8) is 0 Å². The van der Waals surface area contributed by atoms with E-state index in [0.717, 1.165) is 5.92 Å². The maximum Gasteiger partial charge on any atom is -0.00436 e. The van der Waals surface area contributed by atoms with E-state index >= 15 is 0 Å². The van der Waals surface area contributed by atoms with Crippen LogP contribution in [0, 0.1) is 17.3 Å². The van der Waals surface area contributed by atoms with Crippen LogP contribution in [0.25, 0.3) is 0 Å². The van der Waals surface area contributed by atoms with Crippen LogP contribution in [0.5, 0.6) is 0 Å². The number of hydrogen-bond acceptors (Lipinski definition) is 0. The van der Waals surface area contributed by atoms with Crippen molar-refractivity contribution in [1.82, 2.24) is 0 Å². The molecule has 0 aliphatic heterocycles. The Morgan fingerprint density at radius 2 is 1.43 bits per heavy atom. The summed E-state index contributed by atoms with van der Waals surface area (Å²) in [6.07, 6.45) is 0. The van der Waals surface area contributed by atoms with E-state index in [4.69, 9.17) is 0 Å². The summed E-state index contributed by atoms with van der Waals surface area (Å²) < 4.78 is 0. The first-order valence-corrected chi connectivity index (χ1v) is 5.60. The summed E-state index contributed by atoms with van der Waals surface area (Å²) in [7, 11) is 0. The van der Waals surface area contributed by atoms with Gasteiger partial charge >= 0.3 is 0 Å². The summed E-state index contributed by atoms with van der Waals surface area (Å²) >= 11 is 0. The summed E-state index contributed by atoms with van der Waals surface area (Å²) in [4.78, 5) is 0. The van der Waals surface area contributed by atoms with Gasteiger partial charge in [0.25, 0.3) is 0 Å². The van der Waals surface area contributed by atoms with E-state index in [0.29, 0.717) is 5.92 Å². The Morgan fingerprint density at radius 3 is 1.71 bits per heavy atom. The molecule has 0 heterocycles. The first-order valence-electron chi connectivity index (χ1n) is 5.60. The SMILES string of the molecule is CC(C)=C=C(C)C(C)(C)C(C)C(C)C. The number of rotatable bonds is 3. The van der Waals surface area contributed by atoms with Gasteiger partial charge in [-0.1, -0.05) is 34.6 Å². The molecule has 0 saturated carbocycles. The van der Waals surface area contributed by atoms with Crippen molar-refractivity contribution < 1.29 is 0 Å². The summed E-state index contributed by atoms with van der Waals surface area (Å²) in [6.45, 7) is 18.0. The lowest BCUT2D eigenvalue weighted by Gasteiger charge is -2.34. The van der Waals surface area contributed by atoms with E-state index in [1.165, 1.54) is 11.1 Å². The highest BCUT2D eigenvalue weighted by Crippen LogP contribution is 2.38. The summed E-state index contributed by atoms with van der Waals surface area (Å²) in [6, 6.07) is 0. The van der Waals surface area contributed by atoms with Gasteiger partial charge in [-0.2, -0.15) is 0 Å². The third kappa shape index (κ3) is 3.35. The second kappa shape index (κ2) is 4.84. The van der Waals surface area contributed by atoms with Crippen molar-refractivity contribution in [2.45, 2.75) is 55.4 Å². The molecule has 1 atom stereocenters. The van der Waals surface area contributed by atoms with E-state index in [1.807, 2.05) is 0 Å². The first-order chi connectivity index (χ1) is 6.19. The van der Waals surface area contributed by atoms with Gasteiger partial charge in [0, 0.05) is 0 Å². The van der Waals surface area contributed by atoms with Gasteiger partial charge in [-0.25, -0.2) is 0 Å². The molecule has 0 aromatic rings. The molecule has 0 bridgehead atoms. The molecule has 0 heteroatoms.